The minimum absolute atomic E-state index is 0.256. The van der Waals surface area contributed by atoms with E-state index >= 15 is 0 Å². The van der Waals surface area contributed by atoms with Gasteiger partial charge in [0.15, 0.2) is 5.54 Å². The van der Waals surface area contributed by atoms with Gasteiger partial charge >= 0.3 is 12.1 Å². The van der Waals surface area contributed by atoms with Gasteiger partial charge in [-0.1, -0.05) is 18.2 Å². The zero-order valence-electron chi connectivity index (χ0n) is 11.8. The molecule has 7 heteroatoms. The summed E-state index contributed by atoms with van der Waals surface area (Å²) in [5.74, 6) is -1.53. The normalized spacial score (nSPS) is 14.6. The average Bonchev–Trinajstić information content (AvgIpc) is 2.37. The van der Waals surface area contributed by atoms with Crippen molar-refractivity contribution in [3.05, 3.63) is 35.4 Å². The number of benzene rings is 1. The van der Waals surface area contributed by atoms with Gasteiger partial charge < -0.3 is 10.0 Å². The summed E-state index contributed by atoms with van der Waals surface area (Å²) in [7, 11) is 0. The van der Waals surface area contributed by atoms with E-state index in [4.69, 9.17) is 0 Å². The number of carbonyl (C=O) groups is 2. The smallest absolute Gasteiger partial charge is 0.416 e. The van der Waals surface area contributed by atoms with E-state index in [1.54, 1.807) is 0 Å². The van der Waals surface area contributed by atoms with Gasteiger partial charge in [-0.2, -0.15) is 13.2 Å². The van der Waals surface area contributed by atoms with Gasteiger partial charge in [-0.15, -0.1) is 0 Å². The molecule has 0 heterocycles. The molecule has 0 saturated carbocycles. The molecule has 0 radical (unpaired) electrons. The Bertz CT molecular complexity index is 543. The maximum Gasteiger partial charge on any atom is 0.416 e. The first kappa shape index (κ1) is 17.0. The fourth-order valence-electron chi connectivity index (χ4n) is 2.26. The van der Waals surface area contributed by atoms with Crippen LogP contribution in [0.3, 0.4) is 0 Å². The Balaban J connectivity index is 3.65. The predicted molar refractivity (Wildman–Crippen MR) is 69.5 cm³/mol. The Morgan fingerprint density at radius 2 is 1.71 bits per heavy atom. The molecule has 0 aliphatic heterocycles. The number of carbonyl (C=O) groups excluding carboxylic acids is 1. The summed E-state index contributed by atoms with van der Waals surface area (Å²) >= 11 is 0. The summed E-state index contributed by atoms with van der Waals surface area (Å²) in [4.78, 5) is 23.7. The van der Waals surface area contributed by atoms with Gasteiger partial charge in [-0.25, -0.2) is 4.79 Å². The van der Waals surface area contributed by atoms with Crippen molar-refractivity contribution in [2.24, 2.45) is 0 Å². The fourth-order valence-corrected chi connectivity index (χ4v) is 2.26. The first-order chi connectivity index (χ1) is 9.56. The number of hydrogen-bond acceptors (Lipinski definition) is 2. The van der Waals surface area contributed by atoms with Crippen molar-refractivity contribution >= 4 is 12.4 Å². The summed E-state index contributed by atoms with van der Waals surface area (Å²) < 4.78 is 39.3. The molecular weight excluding hydrogens is 287 g/mol. The molecule has 4 nitrogen and oxygen atoms in total. The topological polar surface area (TPSA) is 57.6 Å². The highest BCUT2D eigenvalue weighted by atomic mass is 19.4. The lowest BCUT2D eigenvalue weighted by Crippen LogP contribution is -2.53. The van der Waals surface area contributed by atoms with Gasteiger partial charge in [0.2, 0.25) is 6.41 Å². The highest BCUT2D eigenvalue weighted by Crippen LogP contribution is 2.39. The molecule has 0 bridgehead atoms. The third kappa shape index (κ3) is 3.01. The second-order valence-corrected chi connectivity index (χ2v) is 5.03. The van der Waals surface area contributed by atoms with Crippen LogP contribution in [0.1, 0.15) is 31.9 Å². The van der Waals surface area contributed by atoms with Crippen LogP contribution in [0.5, 0.6) is 0 Å². The van der Waals surface area contributed by atoms with Crippen LogP contribution in [-0.2, 0) is 21.3 Å². The van der Waals surface area contributed by atoms with E-state index in [-0.39, 0.29) is 6.41 Å². The number of amides is 1. The minimum Gasteiger partial charge on any atom is -0.479 e. The van der Waals surface area contributed by atoms with Gasteiger partial charge in [-0.05, 0) is 26.8 Å². The highest BCUT2D eigenvalue weighted by Gasteiger charge is 2.47. The first-order valence-electron chi connectivity index (χ1n) is 6.20. The number of carboxylic acid groups (broad SMARTS) is 1. The van der Waals surface area contributed by atoms with Crippen LogP contribution in [0.2, 0.25) is 0 Å². The second kappa shape index (κ2) is 5.75. The lowest BCUT2D eigenvalue weighted by atomic mass is 9.85. The fraction of sp³-hybridized carbons (Fsp3) is 0.429. The van der Waals surface area contributed by atoms with Crippen LogP contribution in [0, 0.1) is 0 Å². The summed E-state index contributed by atoms with van der Waals surface area (Å²) in [6.07, 6.45) is -4.45. The Labute approximate surface area is 120 Å². The van der Waals surface area contributed by atoms with Gasteiger partial charge in [0.25, 0.3) is 0 Å². The van der Waals surface area contributed by atoms with E-state index in [1.165, 1.54) is 26.0 Å². The van der Waals surface area contributed by atoms with Gasteiger partial charge in [0.05, 0.1) is 5.56 Å². The summed E-state index contributed by atoms with van der Waals surface area (Å²) in [6.45, 7) is 4.16. The third-order valence-corrected chi connectivity index (χ3v) is 3.36. The molecule has 21 heavy (non-hydrogen) atoms. The molecule has 0 aliphatic carbocycles. The molecular formula is C14H16F3NO3. The molecule has 1 unspecified atom stereocenters. The van der Waals surface area contributed by atoms with Crippen LogP contribution in [-0.4, -0.2) is 28.4 Å². The maximum atomic E-state index is 13.1. The molecule has 1 aromatic rings. The summed E-state index contributed by atoms with van der Waals surface area (Å²) in [5, 5.41) is 9.46. The Morgan fingerprint density at radius 1 is 1.24 bits per heavy atom. The molecule has 1 rings (SSSR count). The highest BCUT2D eigenvalue weighted by molar-refractivity contribution is 5.83. The van der Waals surface area contributed by atoms with E-state index in [1.807, 2.05) is 0 Å². The van der Waals surface area contributed by atoms with E-state index < -0.39 is 34.9 Å². The van der Waals surface area contributed by atoms with Gasteiger partial charge in [0, 0.05) is 11.6 Å². The lowest BCUT2D eigenvalue weighted by Gasteiger charge is -2.39. The molecule has 0 fully saturated rings. The zero-order chi connectivity index (χ0) is 16.4. The number of carboxylic acids is 1. The van der Waals surface area contributed by atoms with Crippen molar-refractivity contribution in [1.82, 2.24) is 4.90 Å². The van der Waals surface area contributed by atoms with Crippen LogP contribution in [0.25, 0.3) is 0 Å². The van der Waals surface area contributed by atoms with Crippen LogP contribution < -0.4 is 0 Å². The molecule has 1 aromatic carbocycles. The number of alkyl halides is 3. The van der Waals surface area contributed by atoms with Crippen molar-refractivity contribution in [3.8, 4) is 0 Å². The predicted octanol–water partition coefficient (Wildman–Crippen LogP) is 2.87. The number of aliphatic carboxylic acids is 1. The maximum absolute atomic E-state index is 13.1. The Hall–Kier alpha value is -2.05. The summed E-state index contributed by atoms with van der Waals surface area (Å²) in [5.41, 5.74) is -3.64. The van der Waals surface area contributed by atoms with E-state index in [0.717, 1.165) is 24.0 Å². The Kier molecular flexibility index (Phi) is 4.65. The monoisotopic (exact) mass is 303 g/mol. The standard InChI is InChI=1S/C14H16F3NO3/c1-9(2)18(8-19)13(3,12(20)21)10-6-4-5-7-11(10)14(15,16)17/h4-9H,1-3H3,(H,20,21). The van der Waals surface area contributed by atoms with E-state index in [2.05, 4.69) is 0 Å². The Morgan fingerprint density at radius 3 is 2.05 bits per heavy atom. The van der Waals surface area contributed by atoms with Crippen LogP contribution in [0.4, 0.5) is 13.2 Å². The number of rotatable bonds is 5. The zero-order valence-corrected chi connectivity index (χ0v) is 11.8. The molecule has 1 amide bonds. The first-order valence-corrected chi connectivity index (χ1v) is 6.20. The molecule has 0 saturated heterocycles. The van der Waals surface area contributed by atoms with Crippen LogP contribution >= 0.6 is 0 Å². The largest absolute Gasteiger partial charge is 0.479 e. The van der Waals surface area contributed by atoms with E-state index in [9.17, 15) is 27.9 Å². The summed E-state index contributed by atoms with van der Waals surface area (Å²) in [6, 6.07) is 3.80. The van der Waals surface area contributed by atoms with Gasteiger partial charge in [0.1, 0.15) is 0 Å². The molecule has 116 valence electrons. The molecule has 1 N–H and O–H groups in total. The number of halogens is 3. The van der Waals surface area contributed by atoms with E-state index in [0.29, 0.717) is 0 Å². The van der Waals surface area contributed by atoms with Crippen LogP contribution in [0.15, 0.2) is 24.3 Å². The van der Waals surface area contributed by atoms with Gasteiger partial charge in [-0.3, -0.25) is 4.79 Å². The van der Waals surface area contributed by atoms with Crippen molar-refractivity contribution < 1.29 is 27.9 Å². The third-order valence-electron chi connectivity index (χ3n) is 3.36. The van der Waals surface area contributed by atoms with Crippen molar-refractivity contribution in [2.45, 2.75) is 38.5 Å². The SMILES string of the molecule is CC(C)N(C=O)C(C)(C(=O)O)c1ccccc1C(F)(F)F. The van der Waals surface area contributed by atoms with Crippen molar-refractivity contribution in [2.75, 3.05) is 0 Å². The number of nitrogens with zero attached hydrogens (tertiary/aromatic N) is 1. The number of hydrogen-bond donors (Lipinski definition) is 1. The molecule has 0 spiro atoms. The van der Waals surface area contributed by atoms with Crippen molar-refractivity contribution in [1.29, 1.82) is 0 Å². The molecule has 0 aliphatic rings. The average molecular weight is 303 g/mol. The second-order valence-electron chi connectivity index (χ2n) is 5.03. The van der Waals surface area contributed by atoms with Crippen molar-refractivity contribution in [3.63, 3.8) is 0 Å². The molecule has 0 aromatic heterocycles. The molecule has 1 atom stereocenters. The quantitative estimate of drug-likeness (QED) is 0.851. The minimum atomic E-state index is -4.71. The lowest BCUT2D eigenvalue weighted by molar-refractivity contribution is -0.158.